The van der Waals surface area contributed by atoms with Crippen molar-refractivity contribution in [1.82, 2.24) is 4.31 Å². The van der Waals surface area contributed by atoms with Gasteiger partial charge < -0.3 is 4.74 Å². The zero-order chi connectivity index (χ0) is 25.7. The minimum Gasteiger partial charge on any atom is -0.497 e. The Morgan fingerprint density at radius 2 is 1.56 bits per heavy atom. The first kappa shape index (κ1) is 25.5. The number of amides is 1. The van der Waals surface area contributed by atoms with Gasteiger partial charge in [0.25, 0.3) is 5.91 Å². The van der Waals surface area contributed by atoms with E-state index in [-0.39, 0.29) is 22.7 Å². The van der Waals surface area contributed by atoms with E-state index in [1.807, 2.05) is 6.92 Å². The summed E-state index contributed by atoms with van der Waals surface area (Å²) in [5, 5.41) is 0. The number of unbranched alkanes of at least 4 members (excludes halogenated alkanes) is 2. The number of hydrogen-bond donors (Lipinski definition) is 0. The molecule has 1 aliphatic rings. The number of carbonyl (C=O) groups is 2. The minimum atomic E-state index is -4.00. The van der Waals surface area contributed by atoms with Gasteiger partial charge in [-0.15, -0.1) is 0 Å². The maximum absolute atomic E-state index is 13.8. The Kier molecular flexibility index (Phi) is 7.76. The van der Waals surface area contributed by atoms with E-state index in [4.69, 9.17) is 4.74 Å². The lowest BCUT2D eigenvalue weighted by atomic mass is 9.94. The normalized spacial score (nSPS) is 17.9. The Bertz CT molecular complexity index is 1380. The van der Waals surface area contributed by atoms with E-state index in [1.54, 1.807) is 72.8 Å². The number of sulfonamides is 1. The maximum Gasteiger partial charge on any atom is 0.277 e. The highest BCUT2D eigenvalue weighted by molar-refractivity contribution is 7.89. The molecule has 0 spiro atoms. The number of benzene rings is 3. The molecule has 1 heterocycles. The number of ketones is 1. The molecule has 0 saturated carbocycles. The van der Waals surface area contributed by atoms with Crippen molar-refractivity contribution in [3.63, 3.8) is 0 Å². The number of ether oxygens (including phenoxy) is 1. The van der Waals surface area contributed by atoms with Gasteiger partial charge in [-0.2, -0.15) is 4.31 Å². The van der Waals surface area contributed by atoms with Gasteiger partial charge in [0, 0.05) is 23.2 Å². The zero-order valence-electron chi connectivity index (χ0n) is 20.3. The number of hydrogen-bond acceptors (Lipinski definition) is 5. The lowest BCUT2D eigenvalue weighted by Crippen LogP contribution is -2.54. The van der Waals surface area contributed by atoms with Crippen molar-refractivity contribution in [2.75, 3.05) is 13.7 Å². The van der Waals surface area contributed by atoms with Gasteiger partial charge in [0.05, 0.1) is 17.7 Å². The summed E-state index contributed by atoms with van der Waals surface area (Å²) in [6.07, 6.45) is 2.27. The number of fused-ring (bicyclic) bond motifs is 1. The number of rotatable bonds is 8. The van der Waals surface area contributed by atoms with Gasteiger partial charge in [-0.1, -0.05) is 68.3 Å². The van der Waals surface area contributed by atoms with Crippen LogP contribution < -0.4 is 4.74 Å². The molecule has 1 unspecified atom stereocenters. The fourth-order valence-corrected chi connectivity index (χ4v) is 6.06. The van der Waals surface area contributed by atoms with Crippen LogP contribution in [-0.4, -0.2) is 49.8 Å². The third-order valence-electron chi connectivity index (χ3n) is 6.14. The summed E-state index contributed by atoms with van der Waals surface area (Å²) < 4.78 is 33.8. The van der Waals surface area contributed by atoms with E-state index in [0.29, 0.717) is 23.3 Å². The molecule has 0 aliphatic carbocycles. The molecule has 0 aromatic heterocycles. The first-order valence-corrected chi connectivity index (χ1v) is 13.3. The summed E-state index contributed by atoms with van der Waals surface area (Å²) in [6.45, 7) is 2.16. The SMILES string of the molecule is CCCCCN1C(C(=O)c2ccccc2)C(=NC(=O)c2ccc(OC)cc2)c2ccccc2S1(=O)=O. The molecular weight excluding hydrogens is 476 g/mol. The van der Waals surface area contributed by atoms with E-state index in [9.17, 15) is 18.0 Å². The molecule has 0 N–H and O–H groups in total. The van der Waals surface area contributed by atoms with Crippen LogP contribution in [0.25, 0.3) is 0 Å². The van der Waals surface area contributed by atoms with Crippen molar-refractivity contribution in [3.8, 4) is 5.75 Å². The predicted molar refractivity (Wildman–Crippen MR) is 138 cm³/mol. The predicted octanol–water partition coefficient (Wildman–Crippen LogP) is 4.77. The molecule has 0 radical (unpaired) electrons. The van der Waals surface area contributed by atoms with E-state index in [2.05, 4.69) is 4.99 Å². The van der Waals surface area contributed by atoms with Gasteiger partial charge in [-0.25, -0.2) is 13.4 Å². The second-order valence-corrected chi connectivity index (χ2v) is 10.3. The smallest absolute Gasteiger partial charge is 0.277 e. The summed E-state index contributed by atoms with van der Waals surface area (Å²) in [5.74, 6) is -0.403. The largest absolute Gasteiger partial charge is 0.497 e. The van der Waals surface area contributed by atoms with Crippen LogP contribution in [0.2, 0.25) is 0 Å². The van der Waals surface area contributed by atoms with Gasteiger partial charge in [0.1, 0.15) is 11.8 Å². The van der Waals surface area contributed by atoms with Crippen molar-refractivity contribution >= 4 is 27.4 Å². The summed E-state index contributed by atoms with van der Waals surface area (Å²) in [4.78, 5) is 31.5. The number of nitrogens with zero attached hydrogens (tertiary/aromatic N) is 2. The standard InChI is InChI=1S/C28H28N2O5S/c1-3-4-10-19-30-26(27(31)20-11-6-5-7-12-20)25(23-13-8-9-14-24(23)36(30,33)34)29-28(32)21-15-17-22(35-2)18-16-21/h5-9,11-18,26H,3-4,10,19H2,1-2H3. The Morgan fingerprint density at radius 1 is 0.889 bits per heavy atom. The first-order valence-electron chi connectivity index (χ1n) is 11.9. The minimum absolute atomic E-state index is 0.0416. The maximum atomic E-state index is 13.8. The molecule has 7 nitrogen and oxygen atoms in total. The average molecular weight is 505 g/mol. The highest BCUT2D eigenvalue weighted by Gasteiger charge is 2.46. The van der Waals surface area contributed by atoms with Crippen LogP contribution in [0.1, 0.15) is 52.5 Å². The van der Waals surface area contributed by atoms with Gasteiger partial charge in [-0.05, 0) is 36.8 Å². The second kappa shape index (κ2) is 11.0. The first-order chi connectivity index (χ1) is 17.4. The van der Waals surface area contributed by atoms with Crippen LogP contribution in [0.4, 0.5) is 0 Å². The van der Waals surface area contributed by atoms with E-state index < -0.39 is 27.8 Å². The highest BCUT2D eigenvalue weighted by Crippen LogP contribution is 2.33. The van der Waals surface area contributed by atoms with Crippen molar-refractivity contribution in [2.24, 2.45) is 4.99 Å². The van der Waals surface area contributed by atoms with E-state index in [0.717, 1.165) is 12.8 Å². The lowest BCUT2D eigenvalue weighted by molar-refractivity contribution is 0.0934. The number of aliphatic imine (C=N–C) groups is 1. The van der Waals surface area contributed by atoms with Crippen LogP contribution in [0.15, 0.2) is 88.8 Å². The topological polar surface area (TPSA) is 93.1 Å². The molecule has 186 valence electrons. The summed E-state index contributed by atoms with van der Waals surface area (Å²) in [5.41, 5.74) is 1.05. The molecule has 8 heteroatoms. The van der Waals surface area contributed by atoms with Crippen LogP contribution in [0.3, 0.4) is 0 Å². The van der Waals surface area contributed by atoms with Crippen molar-refractivity contribution in [2.45, 2.75) is 37.1 Å². The molecule has 36 heavy (non-hydrogen) atoms. The van der Waals surface area contributed by atoms with Crippen LogP contribution in [0.5, 0.6) is 5.75 Å². The summed E-state index contributed by atoms with van der Waals surface area (Å²) in [7, 11) is -2.47. The third-order valence-corrected chi connectivity index (χ3v) is 8.07. The molecule has 1 amide bonds. The van der Waals surface area contributed by atoms with E-state index >= 15 is 0 Å². The van der Waals surface area contributed by atoms with Crippen molar-refractivity contribution in [1.29, 1.82) is 0 Å². The van der Waals surface area contributed by atoms with Gasteiger partial charge in [0.15, 0.2) is 5.78 Å². The Balaban J connectivity index is 1.90. The molecule has 0 fully saturated rings. The Hall–Kier alpha value is -3.62. The molecule has 3 aromatic rings. The Morgan fingerprint density at radius 3 is 2.22 bits per heavy atom. The van der Waals surface area contributed by atoms with Crippen LogP contribution >= 0.6 is 0 Å². The fraction of sp³-hybridized carbons (Fsp3) is 0.250. The number of carbonyl (C=O) groups excluding carboxylic acids is 2. The highest BCUT2D eigenvalue weighted by atomic mass is 32.2. The monoisotopic (exact) mass is 504 g/mol. The van der Waals surface area contributed by atoms with Crippen LogP contribution in [0, 0.1) is 0 Å². The molecule has 4 rings (SSSR count). The van der Waals surface area contributed by atoms with E-state index in [1.165, 1.54) is 17.5 Å². The molecule has 1 atom stereocenters. The fourth-order valence-electron chi connectivity index (χ4n) is 4.26. The molecule has 1 aliphatic heterocycles. The number of methoxy groups -OCH3 is 1. The molecule has 3 aromatic carbocycles. The van der Waals surface area contributed by atoms with Gasteiger partial charge in [0.2, 0.25) is 10.0 Å². The third kappa shape index (κ3) is 5.01. The van der Waals surface area contributed by atoms with Crippen molar-refractivity contribution < 1.29 is 22.7 Å². The van der Waals surface area contributed by atoms with Gasteiger partial charge >= 0.3 is 0 Å². The van der Waals surface area contributed by atoms with Gasteiger partial charge in [-0.3, -0.25) is 9.59 Å². The summed E-state index contributed by atoms with van der Waals surface area (Å²) >= 11 is 0. The summed E-state index contributed by atoms with van der Waals surface area (Å²) in [6, 6.07) is 20.1. The van der Waals surface area contributed by atoms with Crippen LogP contribution in [-0.2, 0) is 10.0 Å². The Labute approximate surface area is 211 Å². The molecule has 0 bridgehead atoms. The quantitative estimate of drug-likeness (QED) is 0.325. The molecule has 0 saturated heterocycles. The average Bonchev–Trinajstić information content (AvgIpc) is 2.91. The lowest BCUT2D eigenvalue weighted by Gasteiger charge is -2.36. The second-order valence-electron chi connectivity index (χ2n) is 8.48. The zero-order valence-corrected chi connectivity index (χ0v) is 21.1. The van der Waals surface area contributed by atoms with Crippen molar-refractivity contribution in [3.05, 3.63) is 95.6 Å². The molecular formula is C28H28N2O5S. The number of Topliss-reactive ketones (excluding diaryl/α,β-unsaturated/α-hetero) is 1.